The molecule has 3 atom stereocenters. The molecule has 4 rings (SSSR count). The predicted molar refractivity (Wildman–Crippen MR) is 85.2 cm³/mol. The van der Waals surface area contributed by atoms with E-state index in [1.807, 2.05) is 23.1 Å². The Labute approximate surface area is 140 Å². The van der Waals surface area contributed by atoms with Crippen molar-refractivity contribution in [3.05, 3.63) is 48.0 Å². The number of ether oxygens (including phenoxy) is 2. The number of pyridine rings is 1. The molecule has 2 fully saturated rings. The van der Waals surface area contributed by atoms with Crippen molar-refractivity contribution in [2.45, 2.75) is 37.7 Å². The molecule has 0 aliphatic carbocycles. The highest BCUT2D eigenvalue weighted by Crippen LogP contribution is 2.32. The number of nitrogens with one attached hydrogen (secondary N) is 1. The number of aromatic amines is 1. The van der Waals surface area contributed by atoms with E-state index in [0.29, 0.717) is 18.8 Å². The van der Waals surface area contributed by atoms with Crippen LogP contribution in [0.2, 0.25) is 0 Å². The number of fused-ring (bicyclic) bond motifs is 1. The molecular weight excluding hydrogens is 308 g/mol. The maximum absolute atomic E-state index is 12.7. The Bertz CT molecular complexity index is 676. The highest BCUT2D eigenvalue weighted by atomic mass is 16.5. The second kappa shape index (κ2) is 6.70. The standard InChI is InChI=1S/C17H20N4O3/c22-17(13-6-8-19-20-13)21-10-15(16-14(21)5-3-9-23-16)24-11-12-4-1-2-7-18-12/h1-2,4,6-8,14-16H,3,5,9-11H2,(H,19,20)/t14-,15+,16+/m1/s1. The molecule has 0 unspecified atom stereocenters. The first-order valence-electron chi connectivity index (χ1n) is 8.26. The Morgan fingerprint density at radius 2 is 2.33 bits per heavy atom. The number of H-pyrrole nitrogens is 1. The second-order valence-corrected chi connectivity index (χ2v) is 6.14. The summed E-state index contributed by atoms with van der Waals surface area (Å²) in [5.41, 5.74) is 1.38. The summed E-state index contributed by atoms with van der Waals surface area (Å²) >= 11 is 0. The zero-order valence-corrected chi connectivity index (χ0v) is 13.3. The summed E-state index contributed by atoms with van der Waals surface area (Å²) in [6, 6.07) is 7.51. The van der Waals surface area contributed by atoms with Gasteiger partial charge in [-0.15, -0.1) is 0 Å². The number of amides is 1. The molecule has 0 radical (unpaired) electrons. The smallest absolute Gasteiger partial charge is 0.272 e. The lowest BCUT2D eigenvalue weighted by molar-refractivity contribution is -0.0814. The molecule has 0 aromatic carbocycles. The van der Waals surface area contributed by atoms with Crippen molar-refractivity contribution in [3.63, 3.8) is 0 Å². The van der Waals surface area contributed by atoms with Gasteiger partial charge in [-0.1, -0.05) is 6.07 Å². The molecule has 24 heavy (non-hydrogen) atoms. The van der Waals surface area contributed by atoms with Gasteiger partial charge in [0.05, 0.1) is 24.9 Å². The van der Waals surface area contributed by atoms with Crippen LogP contribution >= 0.6 is 0 Å². The minimum absolute atomic E-state index is 0.0445. The van der Waals surface area contributed by atoms with E-state index in [1.54, 1.807) is 18.5 Å². The quantitative estimate of drug-likeness (QED) is 0.917. The van der Waals surface area contributed by atoms with E-state index in [-0.39, 0.29) is 24.2 Å². The molecule has 126 valence electrons. The number of carbonyl (C=O) groups is 1. The molecule has 0 spiro atoms. The van der Waals surface area contributed by atoms with Crippen molar-refractivity contribution in [3.8, 4) is 0 Å². The van der Waals surface area contributed by atoms with Crippen LogP contribution in [0.1, 0.15) is 29.0 Å². The van der Waals surface area contributed by atoms with Gasteiger partial charge in [0.2, 0.25) is 0 Å². The molecular formula is C17H20N4O3. The van der Waals surface area contributed by atoms with Gasteiger partial charge >= 0.3 is 0 Å². The lowest BCUT2D eigenvalue weighted by atomic mass is 10.0. The number of aromatic nitrogens is 3. The van der Waals surface area contributed by atoms with Gasteiger partial charge in [0.1, 0.15) is 17.9 Å². The topological polar surface area (TPSA) is 80.3 Å². The Hall–Kier alpha value is -2.25. The van der Waals surface area contributed by atoms with Gasteiger partial charge in [-0.05, 0) is 31.0 Å². The minimum Gasteiger partial charge on any atom is -0.373 e. The van der Waals surface area contributed by atoms with Gasteiger partial charge in [0, 0.05) is 19.0 Å². The van der Waals surface area contributed by atoms with Crippen molar-refractivity contribution >= 4 is 5.91 Å². The van der Waals surface area contributed by atoms with Crippen LogP contribution < -0.4 is 0 Å². The number of likely N-dealkylation sites (tertiary alicyclic amines) is 1. The third-order valence-electron chi connectivity index (χ3n) is 4.64. The SMILES string of the molecule is O=C(c1ccn[nH]1)N1C[C@H](OCc2ccccn2)[C@H]2OCCC[C@H]21. The van der Waals surface area contributed by atoms with Crippen LogP contribution in [-0.2, 0) is 16.1 Å². The van der Waals surface area contributed by atoms with E-state index in [1.165, 1.54) is 0 Å². The van der Waals surface area contributed by atoms with Crippen LogP contribution in [0.3, 0.4) is 0 Å². The first-order chi connectivity index (χ1) is 11.8. The van der Waals surface area contributed by atoms with E-state index in [0.717, 1.165) is 25.1 Å². The molecule has 0 bridgehead atoms. The van der Waals surface area contributed by atoms with E-state index in [2.05, 4.69) is 15.2 Å². The Balaban J connectivity index is 1.48. The summed E-state index contributed by atoms with van der Waals surface area (Å²) in [5.74, 6) is -0.0445. The molecule has 2 aliphatic rings. The van der Waals surface area contributed by atoms with E-state index < -0.39 is 0 Å². The highest BCUT2D eigenvalue weighted by Gasteiger charge is 2.47. The summed E-state index contributed by atoms with van der Waals surface area (Å²) in [4.78, 5) is 18.9. The largest absolute Gasteiger partial charge is 0.373 e. The maximum Gasteiger partial charge on any atom is 0.272 e. The molecule has 2 saturated heterocycles. The Morgan fingerprint density at radius 3 is 3.12 bits per heavy atom. The fourth-order valence-electron chi connectivity index (χ4n) is 3.50. The van der Waals surface area contributed by atoms with Gasteiger partial charge in [0.25, 0.3) is 5.91 Å². The van der Waals surface area contributed by atoms with E-state index >= 15 is 0 Å². The normalized spacial score (nSPS) is 26.3. The molecule has 1 amide bonds. The first kappa shape index (κ1) is 15.3. The molecule has 2 aliphatic heterocycles. The number of nitrogens with zero attached hydrogens (tertiary/aromatic N) is 3. The summed E-state index contributed by atoms with van der Waals surface area (Å²) < 4.78 is 12.0. The molecule has 0 saturated carbocycles. The second-order valence-electron chi connectivity index (χ2n) is 6.14. The number of rotatable bonds is 4. The Kier molecular flexibility index (Phi) is 4.27. The van der Waals surface area contributed by atoms with Crippen molar-refractivity contribution in [1.82, 2.24) is 20.1 Å². The van der Waals surface area contributed by atoms with Crippen LogP contribution in [0.25, 0.3) is 0 Å². The number of carbonyl (C=O) groups excluding carboxylic acids is 1. The van der Waals surface area contributed by atoms with Gasteiger partial charge < -0.3 is 14.4 Å². The van der Waals surface area contributed by atoms with Crippen molar-refractivity contribution in [1.29, 1.82) is 0 Å². The van der Waals surface area contributed by atoms with Gasteiger partial charge in [-0.25, -0.2) is 0 Å². The van der Waals surface area contributed by atoms with Crippen LogP contribution in [-0.4, -0.2) is 57.4 Å². The van der Waals surface area contributed by atoms with E-state index in [9.17, 15) is 4.79 Å². The zero-order chi connectivity index (χ0) is 16.4. The number of hydrogen-bond donors (Lipinski definition) is 1. The summed E-state index contributed by atoms with van der Waals surface area (Å²) in [6.07, 6.45) is 5.03. The molecule has 7 nitrogen and oxygen atoms in total. The van der Waals surface area contributed by atoms with Crippen molar-refractivity contribution in [2.24, 2.45) is 0 Å². The predicted octanol–water partition coefficient (Wildman–Crippen LogP) is 1.39. The van der Waals surface area contributed by atoms with Gasteiger partial charge in [-0.2, -0.15) is 5.10 Å². The molecule has 2 aromatic heterocycles. The van der Waals surface area contributed by atoms with Crippen LogP contribution in [0.15, 0.2) is 36.7 Å². The lowest BCUT2D eigenvalue weighted by Crippen LogP contribution is -2.44. The molecule has 4 heterocycles. The third kappa shape index (κ3) is 2.92. The minimum atomic E-state index is -0.135. The summed E-state index contributed by atoms with van der Waals surface area (Å²) in [6.45, 7) is 1.67. The van der Waals surface area contributed by atoms with Crippen molar-refractivity contribution < 1.29 is 14.3 Å². The van der Waals surface area contributed by atoms with Crippen LogP contribution in [0.5, 0.6) is 0 Å². The molecule has 2 aromatic rings. The van der Waals surface area contributed by atoms with Crippen LogP contribution in [0, 0.1) is 0 Å². The van der Waals surface area contributed by atoms with Crippen LogP contribution in [0.4, 0.5) is 0 Å². The Morgan fingerprint density at radius 1 is 1.38 bits per heavy atom. The van der Waals surface area contributed by atoms with Gasteiger partial charge in [0.15, 0.2) is 0 Å². The average molecular weight is 328 g/mol. The molecule has 1 N–H and O–H groups in total. The lowest BCUT2D eigenvalue weighted by Gasteiger charge is -2.31. The fraction of sp³-hybridized carbons (Fsp3) is 0.471. The maximum atomic E-state index is 12.7. The highest BCUT2D eigenvalue weighted by molar-refractivity contribution is 5.92. The van der Waals surface area contributed by atoms with Gasteiger partial charge in [-0.3, -0.25) is 14.9 Å². The third-order valence-corrected chi connectivity index (χ3v) is 4.64. The first-order valence-corrected chi connectivity index (χ1v) is 8.26. The molecule has 7 heteroatoms. The number of hydrogen-bond acceptors (Lipinski definition) is 5. The van der Waals surface area contributed by atoms with E-state index in [4.69, 9.17) is 9.47 Å². The monoisotopic (exact) mass is 328 g/mol. The fourth-order valence-corrected chi connectivity index (χ4v) is 3.50. The summed E-state index contributed by atoms with van der Waals surface area (Å²) in [7, 11) is 0. The van der Waals surface area contributed by atoms with Crippen molar-refractivity contribution in [2.75, 3.05) is 13.2 Å². The average Bonchev–Trinajstić information content (AvgIpc) is 3.29. The zero-order valence-electron chi connectivity index (χ0n) is 13.3. The summed E-state index contributed by atoms with van der Waals surface area (Å²) in [5, 5.41) is 6.62.